The van der Waals surface area contributed by atoms with Gasteiger partial charge in [-0.05, 0) is 31.4 Å². The van der Waals surface area contributed by atoms with Crippen LogP contribution in [0.4, 0.5) is 0 Å². The van der Waals surface area contributed by atoms with Gasteiger partial charge in [0.05, 0.1) is 5.69 Å². The zero-order chi connectivity index (χ0) is 9.80. The van der Waals surface area contributed by atoms with Crippen LogP contribution in [0.5, 0.6) is 0 Å². The van der Waals surface area contributed by atoms with Crippen LogP contribution in [0.3, 0.4) is 0 Å². The number of hydrogen-bond donors (Lipinski definition) is 1. The van der Waals surface area contributed by atoms with Crippen LogP contribution in [-0.2, 0) is 13.5 Å². The van der Waals surface area contributed by atoms with E-state index in [0.717, 1.165) is 18.9 Å². The van der Waals surface area contributed by atoms with Crippen LogP contribution in [0.15, 0.2) is 12.3 Å². The molecule has 0 bridgehead atoms. The molecule has 0 aromatic carbocycles. The largest absolute Gasteiger partial charge is 0.316 e. The predicted octanol–water partition coefficient (Wildman–Crippen LogP) is 1.35. The lowest BCUT2D eigenvalue weighted by Crippen LogP contribution is -2.28. The minimum Gasteiger partial charge on any atom is -0.316 e. The SMILES string of the molecule is Cn1ccc(CCNCC2CCC2)n1. The fraction of sp³-hybridized carbons (Fsp3) is 0.727. The van der Waals surface area contributed by atoms with Gasteiger partial charge in [-0.1, -0.05) is 6.42 Å². The first-order valence-corrected chi connectivity index (χ1v) is 5.54. The molecule has 3 heteroatoms. The summed E-state index contributed by atoms with van der Waals surface area (Å²) in [5.74, 6) is 0.957. The van der Waals surface area contributed by atoms with Gasteiger partial charge in [-0.15, -0.1) is 0 Å². The average Bonchev–Trinajstić information content (AvgIpc) is 2.48. The Morgan fingerprint density at radius 3 is 3.00 bits per heavy atom. The Morgan fingerprint density at radius 1 is 1.57 bits per heavy atom. The summed E-state index contributed by atoms with van der Waals surface area (Å²) in [5, 5.41) is 7.83. The van der Waals surface area contributed by atoms with Crippen LogP contribution in [-0.4, -0.2) is 22.9 Å². The molecule has 1 saturated carbocycles. The van der Waals surface area contributed by atoms with Gasteiger partial charge in [0.25, 0.3) is 0 Å². The van der Waals surface area contributed by atoms with Crippen molar-refractivity contribution in [3.8, 4) is 0 Å². The third-order valence-corrected chi connectivity index (χ3v) is 2.98. The Balaban J connectivity index is 1.58. The second kappa shape index (κ2) is 4.60. The van der Waals surface area contributed by atoms with E-state index in [9.17, 15) is 0 Å². The summed E-state index contributed by atoms with van der Waals surface area (Å²) >= 11 is 0. The van der Waals surface area contributed by atoms with Gasteiger partial charge in [0.2, 0.25) is 0 Å². The van der Waals surface area contributed by atoms with E-state index in [-0.39, 0.29) is 0 Å². The van der Waals surface area contributed by atoms with Crippen molar-refractivity contribution in [2.24, 2.45) is 13.0 Å². The third-order valence-electron chi connectivity index (χ3n) is 2.98. The highest BCUT2D eigenvalue weighted by molar-refractivity contribution is 4.98. The Morgan fingerprint density at radius 2 is 2.43 bits per heavy atom. The van der Waals surface area contributed by atoms with Gasteiger partial charge in [0, 0.05) is 26.2 Å². The number of aryl methyl sites for hydroxylation is 1. The van der Waals surface area contributed by atoms with Gasteiger partial charge in [-0.2, -0.15) is 5.10 Å². The van der Waals surface area contributed by atoms with Crippen LogP contribution in [0.25, 0.3) is 0 Å². The zero-order valence-corrected chi connectivity index (χ0v) is 8.87. The molecule has 78 valence electrons. The highest BCUT2D eigenvalue weighted by Crippen LogP contribution is 2.24. The van der Waals surface area contributed by atoms with Crippen LogP contribution >= 0.6 is 0 Å². The molecule has 1 N–H and O–H groups in total. The molecule has 1 aliphatic carbocycles. The Labute approximate surface area is 85.5 Å². The molecule has 0 radical (unpaired) electrons. The van der Waals surface area contributed by atoms with E-state index in [1.54, 1.807) is 0 Å². The lowest BCUT2D eigenvalue weighted by molar-refractivity contribution is 0.302. The first-order valence-electron chi connectivity index (χ1n) is 5.54. The molecule has 0 spiro atoms. The van der Waals surface area contributed by atoms with Gasteiger partial charge in [0.1, 0.15) is 0 Å². The fourth-order valence-electron chi connectivity index (χ4n) is 1.82. The third kappa shape index (κ3) is 2.58. The van der Waals surface area contributed by atoms with Crippen LogP contribution in [0, 0.1) is 5.92 Å². The minimum atomic E-state index is 0.957. The van der Waals surface area contributed by atoms with E-state index in [2.05, 4.69) is 16.5 Å². The minimum absolute atomic E-state index is 0.957. The number of rotatable bonds is 5. The molecule has 2 rings (SSSR count). The first kappa shape index (κ1) is 9.71. The number of nitrogens with one attached hydrogen (secondary N) is 1. The standard InChI is InChI=1S/C11H19N3/c1-14-8-6-11(13-14)5-7-12-9-10-3-2-4-10/h6,8,10,12H,2-5,7,9H2,1H3. The van der Waals surface area contributed by atoms with E-state index in [1.165, 1.54) is 31.5 Å². The molecule has 0 atom stereocenters. The van der Waals surface area contributed by atoms with Gasteiger partial charge in [-0.3, -0.25) is 4.68 Å². The predicted molar refractivity (Wildman–Crippen MR) is 57.1 cm³/mol. The molecule has 0 unspecified atom stereocenters. The summed E-state index contributed by atoms with van der Waals surface area (Å²) in [4.78, 5) is 0. The van der Waals surface area contributed by atoms with Crippen molar-refractivity contribution in [1.82, 2.24) is 15.1 Å². The number of hydrogen-bond acceptors (Lipinski definition) is 2. The maximum Gasteiger partial charge on any atom is 0.0637 e. The fourth-order valence-corrected chi connectivity index (χ4v) is 1.82. The monoisotopic (exact) mass is 193 g/mol. The highest BCUT2D eigenvalue weighted by Gasteiger charge is 2.15. The lowest BCUT2D eigenvalue weighted by Gasteiger charge is -2.25. The zero-order valence-electron chi connectivity index (χ0n) is 8.87. The molecule has 1 aliphatic rings. The van der Waals surface area contributed by atoms with Crippen molar-refractivity contribution in [1.29, 1.82) is 0 Å². The summed E-state index contributed by atoms with van der Waals surface area (Å²) < 4.78 is 1.86. The van der Waals surface area contributed by atoms with E-state index in [4.69, 9.17) is 0 Å². The summed E-state index contributed by atoms with van der Waals surface area (Å²) in [6, 6.07) is 2.09. The molecule has 0 saturated heterocycles. The second-order valence-corrected chi connectivity index (χ2v) is 4.23. The quantitative estimate of drug-likeness (QED) is 0.715. The Kier molecular flexibility index (Phi) is 3.19. The molecule has 0 aliphatic heterocycles. The lowest BCUT2D eigenvalue weighted by atomic mass is 9.85. The van der Waals surface area contributed by atoms with Crippen molar-refractivity contribution in [3.63, 3.8) is 0 Å². The summed E-state index contributed by atoms with van der Waals surface area (Å²) in [6.45, 7) is 2.26. The topological polar surface area (TPSA) is 29.9 Å². The van der Waals surface area contributed by atoms with Crippen LogP contribution in [0.2, 0.25) is 0 Å². The van der Waals surface area contributed by atoms with Crippen molar-refractivity contribution in [2.75, 3.05) is 13.1 Å². The molecule has 14 heavy (non-hydrogen) atoms. The van der Waals surface area contributed by atoms with Crippen molar-refractivity contribution in [3.05, 3.63) is 18.0 Å². The number of nitrogens with zero attached hydrogens (tertiary/aromatic N) is 2. The van der Waals surface area contributed by atoms with Gasteiger partial charge < -0.3 is 5.32 Å². The molecular weight excluding hydrogens is 174 g/mol. The molecule has 1 heterocycles. The van der Waals surface area contributed by atoms with E-state index in [0.29, 0.717) is 0 Å². The molecule has 1 aromatic heterocycles. The van der Waals surface area contributed by atoms with Gasteiger partial charge >= 0.3 is 0 Å². The van der Waals surface area contributed by atoms with E-state index < -0.39 is 0 Å². The second-order valence-electron chi connectivity index (χ2n) is 4.23. The van der Waals surface area contributed by atoms with E-state index in [1.807, 2.05) is 17.9 Å². The smallest absolute Gasteiger partial charge is 0.0637 e. The first-order chi connectivity index (χ1) is 6.84. The summed E-state index contributed by atoms with van der Waals surface area (Å²) in [5.41, 5.74) is 1.19. The normalized spacial score (nSPS) is 16.9. The summed E-state index contributed by atoms with van der Waals surface area (Å²) in [6.07, 6.45) is 7.34. The van der Waals surface area contributed by atoms with Gasteiger partial charge in [0.15, 0.2) is 0 Å². The molecule has 1 aromatic rings. The Hall–Kier alpha value is -0.830. The van der Waals surface area contributed by atoms with E-state index >= 15 is 0 Å². The average molecular weight is 193 g/mol. The van der Waals surface area contributed by atoms with Crippen LogP contribution < -0.4 is 5.32 Å². The maximum atomic E-state index is 4.34. The maximum absolute atomic E-state index is 4.34. The molecule has 0 amide bonds. The summed E-state index contributed by atoms with van der Waals surface area (Å²) in [7, 11) is 1.96. The van der Waals surface area contributed by atoms with Crippen molar-refractivity contribution < 1.29 is 0 Å². The Bertz CT molecular complexity index is 276. The van der Waals surface area contributed by atoms with Crippen LogP contribution in [0.1, 0.15) is 25.0 Å². The molecule has 3 nitrogen and oxygen atoms in total. The number of aromatic nitrogens is 2. The molecular formula is C11H19N3. The highest BCUT2D eigenvalue weighted by atomic mass is 15.2. The van der Waals surface area contributed by atoms with Crippen molar-refractivity contribution in [2.45, 2.75) is 25.7 Å². The van der Waals surface area contributed by atoms with Gasteiger partial charge in [-0.25, -0.2) is 0 Å². The molecule has 1 fully saturated rings. The van der Waals surface area contributed by atoms with Crippen molar-refractivity contribution >= 4 is 0 Å².